The van der Waals surface area contributed by atoms with E-state index in [1.54, 1.807) is 19.1 Å². The molecule has 0 saturated heterocycles. The Morgan fingerprint density at radius 2 is 2.24 bits per heavy atom. The maximum absolute atomic E-state index is 10.9. The Hall–Kier alpha value is -1.62. The van der Waals surface area contributed by atoms with Gasteiger partial charge in [-0.25, -0.2) is 0 Å². The maximum atomic E-state index is 10.9. The number of hydrogen-bond acceptors (Lipinski definition) is 4. The molecule has 5 heteroatoms. The Balaban J connectivity index is 2.22. The van der Waals surface area contributed by atoms with Crippen molar-refractivity contribution in [2.45, 2.75) is 38.4 Å². The summed E-state index contributed by atoms with van der Waals surface area (Å²) in [5, 5.41) is 20.5. The lowest BCUT2D eigenvalue weighted by atomic mass is 10.2. The largest absolute Gasteiger partial charge is 0.481 e. The number of aliphatic hydroxyl groups is 1. The van der Waals surface area contributed by atoms with Gasteiger partial charge in [0.1, 0.15) is 6.10 Å². The molecule has 5 nitrogen and oxygen atoms in total. The van der Waals surface area contributed by atoms with Crippen molar-refractivity contribution in [3.8, 4) is 5.75 Å². The van der Waals surface area contributed by atoms with Gasteiger partial charge < -0.3 is 9.84 Å². The molecule has 92 valence electrons. The highest BCUT2D eigenvalue weighted by Gasteiger charge is 2.29. The molecule has 0 spiro atoms. The number of aryl methyl sites for hydroxylation is 1. The van der Waals surface area contributed by atoms with E-state index in [-0.39, 0.29) is 17.5 Å². The van der Waals surface area contributed by atoms with Gasteiger partial charge in [-0.2, -0.15) is 0 Å². The van der Waals surface area contributed by atoms with E-state index in [2.05, 4.69) is 0 Å². The molecule has 0 amide bonds. The van der Waals surface area contributed by atoms with Gasteiger partial charge in [-0.05, 0) is 37.8 Å². The van der Waals surface area contributed by atoms with Crippen LogP contribution in [0.4, 0.5) is 5.69 Å². The summed E-state index contributed by atoms with van der Waals surface area (Å²) in [4.78, 5) is 10.4. The van der Waals surface area contributed by atoms with E-state index in [1.165, 1.54) is 6.07 Å². The van der Waals surface area contributed by atoms with E-state index < -0.39 is 11.0 Å². The molecule has 1 aliphatic rings. The average Bonchev–Trinajstić information content (AvgIpc) is 2.67. The third-order valence-electron chi connectivity index (χ3n) is 3.01. The van der Waals surface area contributed by atoms with Crippen molar-refractivity contribution in [2.24, 2.45) is 0 Å². The normalized spacial score (nSPS) is 23.6. The van der Waals surface area contributed by atoms with Gasteiger partial charge >= 0.3 is 5.69 Å². The second-order valence-corrected chi connectivity index (χ2v) is 4.38. The van der Waals surface area contributed by atoms with Crippen molar-refractivity contribution < 1.29 is 14.8 Å². The number of ether oxygens (including phenoxy) is 1. The Labute approximate surface area is 99.2 Å². The Bertz CT molecular complexity index is 433. The van der Waals surface area contributed by atoms with Gasteiger partial charge in [0.25, 0.3) is 0 Å². The van der Waals surface area contributed by atoms with E-state index in [4.69, 9.17) is 4.74 Å². The predicted molar refractivity (Wildman–Crippen MR) is 62.1 cm³/mol. The fourth-order valence-corrected chi connectivity index (χ4v) is 2.08. The second kappa shape index (κ2) is 4.71. The number of benzene rings is 1. The summed E-state index contributed by atoms with van der Waals surface area (Å²) in [6.45, 7) is 1.79. The van der Waals surface area contributed by atoms with Crippen LogP contribution in [-0.2, 0) is 0 Å². The van der Waals surface area contributed by atoms with Crippen LogP contribution in [0.25, 0.3) is 0 Å². The molecule has 1 aliphatic carbocycles. The van der Waals surface area contributed by atoms with Crippen LogP contribution in [0.15, 0.2) is 18.2 Å². The summed E-state index contributed by atoms with van der Waals surface area (Å²) in [5.41, 5.74) is 0.778. The quantitative estimate of drug-likeness (QED) is 0.646. The zero-order valence-corrected chi connectivity index (χ0v) is 9.63. The molecular weight excluding hydrogens is 222 g/mol. The first-order valence-corrected chi connectivity index (χ1v) is 5.67. The highest BCUT2D eigenvalue weighted by Crippen LogP contribution is 2.32. The van der Waals surface area contributed by atoms with Crippen molar-refractivity contribution in [2.75, 3.05) is 0 Å². The fourth-order valence-electron chi connectivity index (χ4n) is 2.08. The molecule has 1 saturated carbocycles. The molecule has 17 heavy (non-hydrogen) atoms. The Kier molecular flexibility index (Phi) is 3.28. The summed E-state index contributed by atoms with van der Waals surface area (Å²) in [5.74, 6) is 0.242. The number of nitro benzene ring substituents is 1. The smallest absolute Gasteiger partial charge is 0.311 e. The number of nitro groups is 1. The van der Waals surface area contributed by atoms with Gasteiger partial charge in [-0.1, -0.05) is 6.07 Å². The van der Waals surface area contributed by atoms with Crippen LogP contribution in [0.3, 0.4) is 0 Å². The standard InChI is InChI=1S/C12H15NO4/c1-8-5-6-11(9(7-8)13(15)16)17-12-4-2-3-10(12)14/h5-7,10,12,14H,2-4H2,1H3/t10-,12-/m0/s1. The van der Waals surface area contributed by atoms with Crippen molar-refractivity contribution in [3.05, 3.63) is 33.9 Å². The first kappa shape index (κ1) is 11.9. The van der Waals surface area contributed by atoms with Crippen molar-refractivity contribution in [1.82, 2.24) is 0 Å². The van der Waals surface area contributed by atoms with Gasteiger partial charge in [0, 0.05) is 6.07 Å². The van der Waals surface area contributed by atoms with Crippen molar-refractivity contribution in [1.29, 1.82) is 0 Å². The van der Waals surface area contributed by atoms with Crippen molar-refractivity contribution >= 4 is 5.69 Å². The lowest BCUT2D eigenvalue weighted by molar-refractivity contribution is -0.386. The number of hydrogen-bond donors (Lipinski definition) is 1. The molecule has 0 aromatic heterocycles. The minimum absolute atomic E-state index is 0.0379. The highest BCUT2D eigenvalue weighted by molar-refractivity contribution is 5.48. The monoisotopic (exact) mass is 237 g/mol. The summed E-state index contributed by atoms with van der Waals surface area (Å²) < 4.78 is 5.54. The minimum atomic E-state index is -0.518. The fraction of sp³-hybridized carbons (Fsp3) is 0.500. The van der Waals surface area contributed by atoms with Crippen LogP contribution in [0, 0.1) is 17.0 Å². The van der Waals surface area contributed by atoms with E-state index in [0.717, 1.165) is 18.4 Å². The number of rotatable bonds is 3. The zero-order chi connectivity index (χ0) is 12.4. The maximum Gasteiger partial charge on any atom is 0.311 e. The molecular formula is C12H15NO4. The molecule has 0 heterocycles. The highest BCUT2D eigenvalue weighted by atomic mass is 16.6. The summed E-state index contributed by atoms with van der Waals surface area (Å²) in [6.07, 6.45) is 1.49. The molecule has 0 radical (unpaired) electrons. The first-order valence-electron chi connectivity index (χ1n) is 5.67. The Morgan fingerprint density at radius 3 is 2.82 bits per heavy atom. The van der Waals surface area contributed by atoms with Crippen molar-refractivity contribution in [3.63, 3.8) is 0 Å². The minimum Gasteiger partial charge on any atom is -0.481 e. The molecule has 0 bridgehead atoms. The third-order valence-corrected chi connectivity index (χ3v) is 3.01. The predicted octanol–water partition coefficient (Wildman–Crippen LogP) is 2.20. The molecule has 1 N–H and O–H groups in total. The number of aliphatic hydroxyl groups excluding tert-OH is 1. The van der Waals surface area contributed by atoms with Crippen LogP contribution in [0.1, 0.15) is 24.8 Å². The molecule has 1 aromatic carbocycles. The van der Waals surface area contributed by atoms with Gasteiger partial charge in [0.05, 0.1) is 11.0 Å². The van der Waals surface area contributed by atoms with Crippen LogP contribution in [0.5, 0.6) is 5.75 Å². The van der Waals surface area contributed by atoms with Crippen LogP contribution >= 0.6 is 0 Å². The second-order valence-electron chi connectivity index (χ2n) is 4.38. The van der Waals surface area contributed by atoms with Crippen LogP contribution < -0.4 is 4.74 Å². The van der Waals surface area contributed by atoms with E-state index in [1.807, 2.05) is 0 Å². The summed E-state index contributed by atoms with van der Waals surface area (Å²) in [7, 11) is 0. The first-order chi connectivity index (χ1) is 8.08. The van der Waals surface area contributed by atoms with Crippen LogP contribution in [-0.4, -0.2) is 22.2 Å². The Morgan fingerprint density at radius 1 is 1.47 bits per heavy atom. The third kappa shape index (κ3) is 2.55. The average molecular weight is 237 g/mol. The number of nitrogens with zero attached hydrogens (tertiary/aromatic N) is 1. The molecule has 2 atom stereocenters. The SMILES string of the molecule is Cc1ccc(O[C@H]2CCC[C@@H]2O)c([N+](=O)[O-])c1. The molecule has 1 aromatic rings. The van der Waals surface area contributed by atoms with Gasteiger partial charge in [-0.3, -0.25) is 10.1 Å². The van der Waals surface area contributed by atoms with Crippen LogP contribution in [0.2, 0.25) is 0 Å². The molecule has 1 fully saturated rings. The van der Waals surface area contributed by atoms with Gasteiger partial charge in [0.2, 0.25) is 0 Å². The molecule has 0 unspecified atom stereocenters. The molecule has 0 aliphatic heterocycles. The van der Waals surface area contributed by atoms with E-state index in [9.17, 15) is 15.2 Å². The summed E-state index contributed by atoms with van der Waals surface area (Å²) >= 11 is 0. The van der Waals surface area contributed by atoms with Gasteiger partial charge in [0.15, 0.2) is 5.75 Å². The lowest BCUT2D eigenvalue weighted by Gasteiger charge is -2.17. The topological polar surface area (TPSA) is 72.6 Å². The van der Waals surface area contributed by atoms with E-state index in [0.29, 0.717) is 6.42 Å². The van der Waals surface area contributed by atoms with E-state index >= 15 is 0 Å². The zero-order valence-electron chi connectivity index (χ0n) is 9.63. The van der Waals surface area contributed by atoms with Gasteiger partial charge in [-0.15, -0.1) is 0 Å². The lowest BCUT2D eigenvalue weighted by Crippen LogP contribution is -2.25. The summed E-state index contributed by atoms with van der Waals surface area (Å²) in [6, 6.07) is 4.85. The molecule has 2 rings (SSSR count).